The monoisotopic (exact) mass is 680 g/mol. The van der Waals surface area contributed by atoms with Gasteiger partial charge >= 0.3 is 0 Å². The molecule has 0 saturated carbocycles. The lowest BCUT2D eigenvalue weighted by Gasteiger charge is -2.11. The van der Waals surface area contributed by atoms with Gasteiger partial charge in [0.2, 0.25) is 0 Å². The van der Waals surface area contributed by atoms with Crippen molar-refractivity contribution in [2.24, 2.45) is 0 Å². The predicted molar refractivity (Wildman–Crippen MR) is 218 cm³/mol. The van der Waals surface area contributed by atoms with Gasteiger partial charge in [-0.05, 0) is 40.4 Å². The van der Waals surface area contributed by atoms with Gasteiger partial charge < -0.3 is 4.57 Å². The average Bonchev–Trinajstić information content (AvgIpc) is 3.77. The van der Waals surface area contributed by atoms with Gasteiger partial charge in [0.05, 0.1) is 11.0 Å². The molecule has 4 nitrogen and oxygen atoms in total. The first-order valence-electron chi connectivity index (χ1n) is 17.5. The summed E-state index contributed by atoms with van der Waals surface area (Å²) in [4.78, 5) is 15.3. The van der Waals surface area contributed by atoms with Gasteiger partial charge in [-0.1, -0.05) is 146 Å². The van der Waals surface area contributed by atoms with Crippen LogP contribution in [0.4, 0.5) is 0 Å². The Hall–Kier alpha value is -6.69. The Morgan fingerprint density at radius 3 is 1.77 bits per heavy atom. The molecular weight excluding hydrogens is 653 g/mol. The maximum Gasteiger partial charge on any atom is 0.165 e. The number of rotatable bonds is 4. The van der Waals surface area contributed by atoms with Crippen molar-refractivity contribution in [3.05, 3.63) is 170 Å². The number of hydrogen-bond donors (Lipinski definition) is 0. The van der Waals surface area contributed by atoms with Gasteiger partial charge in [0.15, 0.2) is 17.5 Å². The Morgan fingerprint density at radius 2 is 1.02 bits per heavy atom. The van der Waals surface area contributed by atoms with Crippen molar-refractivity contribution in [1.29, 1.82) is 0 Å². The average molecular weight is 681 g/mol. The molecule has 0 fully saturated rings. The molecule has 0 aliphatic carbocycles. The van der Waals surface area contributed by atoms with Crippen LogP contribution >= 0.6 is 11.3 Å². The van der Waals surface area contributed by atoms with E-state index in [9.17, 15) is 0 Å². The Labute approximate surface area is 302 Å². The molecule has 0 saturated heterocycles. The summed E-state index contributed by atoms with van der Waals surface area (Å²) in [7, 11) is 0. The van der Waals surface area contributed by atoms with Crippen molar-refractivity contribution in [3.63, 3.8) is 0 Å². The first-order valence-corrected chi connectivity index (χ1v) is 18.3. The molecular formula is C47H28N4S. The van der Waals surface area contributed by atoms with Crippen LogP contribution in [0.5, 0.6) is 0 Å². The van der Waals surface area contributed by atoms with E-state index < -0.39 is 0 Å². The van der Waals surface area contributed by atoms with Crippen LogP contribution in [0.2, 0.25) is 0 Å². The van der Waals surface area contributed by atoms with Crippen molar-refractivity contribution in [2.45, 2.75) is 0 Å². The van der Waals surface area contributed by atoms with Crippen LogP contribution in [0.25, 0.3) is 103 Å². The molecule has 11 aromatic rings. The Kier molecular flexibility index (Phi) is 6.39. The summed E-state index contributed by atoms with van der Waals surface area (Å²) < 4.78 is 4.83. The smallest absolute Gasteiger partial charge is 0.165 e. The quantitative estimate of drug-likeness (QED) is 0.186. The largest absolute Gasteiger partial charge is 0.309 e. The van der Waals surface area contributed by atoms with Gasteiger partial charge in [-0.25, -0.2) is 15.0 Å². The van der Waals surface area contributed by atoms with Crippen molar-refractivity contribution < 1.29 is 0 Å². The molecule has 0 aliphatic rings. The Morgan fingerprint density at radius 1 is 0.423 bits per heavy atom. The van der Waals surface area contributed by atoms with Crippen molar-refractivity contribution in [2.75, 3.05) is 0 Å². The summed E-state index contributed by atoms with van der Waals surface area (Å²) in [5, 5.41) is 9.85. The first-order chi connectivity index (χ1) is 25.8. The van der Waals surface area contributed by atoms with Gasteiger partial charge in [0.25, 0.3) is 0 Å². The topological polar surface area (TPSA) is 43.6 Å². The second kappa shape index (κ2) is 11.4. The van der Waals surface area contributed by atoms with Crippen LogP contribution in [-0.4, -0.2) is 19.5 Å². The number of para-hydroxylation sites is 1. The minimum atomic E-state index is 0.660. The van der Waals surface area contributed by atoms with E-state index >= 15 is 0 Å². The lowest BCUT2D eigenvalue weighted by atomic mass is 9.99. The van der Waals surface area contributed by atoms with E-state index in [0.29, 0.717) is 17.5 Å². The van der Waals surface area contributed by atoms with E-state index in [2.05, 4.69) is 138 Å². The second-order valence-corrected chi connectivity index (χ2v) is 14.3. The van der Waals surface area contributed by atoms with Crippen molar-refractivity contribution in [3.8, 4) is 39.9 Å². The molecule has 0 aliphatic heterocycles. The molecule has 11 rings (SSSR count). The first kappa shape index (κ1) is 29.1. The highest BCUT2D eigenvalue weighted by Crippen LogP contribution is 2.45. The maximum atomic E-state index is 5.16. The maximum absolute atomic E-state index is 5.16. The molecule has 0 unspecified atom stereocenters. The normalized spacial score (nSPS) is 11.8. The molecule has 52 heavy (non-hydrogen) atoms. The highest BCUT2D eigenvalue weighted by atomic mass is 32.1. The van der Waals surface area contributed by atoms with E-state index in [4.69, 9.17) is 15.0 Å². The summed E-state index contributed by atoms with van der Waals surface area (Å²) in [5.74, 6) is 1.99. The molecule has 5 heteroatoms. The molecule has 0 N–H and O–H groups in total. The van der Waals surface area contributed by atoms with Crippen LogP contribution < -0.4 is 0 Å². The highest BCUT2D eigenvalue weighted by Gasteiger charge is 2.21. The Bertz CT molecular complexity index is 3120. The molecule has 8 aromatic carbocycles. The number of aromatic nitrogens is 4. The molecule has 3 aromatic heterocycles. The number of nitrogens with zero attached hydrogens (tertiary/aromatic N) is 4. The van der Waals surface area contributed by atoms with Crippen LogP contribution in [0.15, 0.2) is 170 Å². The fourth-order valence-electron chi connectivity index (χ4n) is 7.85. The highest BCUT2D eigenvalue weighted by molar-refractivity contribution is 7.26. The molecule has 3 heterocycles. The zero-order valence-corrected chi connectivity index (χ0v) is 28.7. The third-order valence-corrected chi connectivity index (χ3v) is 11.4. The summed E-state index contributed by atoms with van der Waals surface area (Å²) in [6.45, 7) is 0. The van der Waals surface area contributed by atoms with Crippen LogP contribution in [0.3, 0.4) is 0 Å². The third-order valence-electron chi connectivity index (χ3n) is 10.2. The number of benzene rings is 8. The van der Waals surface area contributed by atoms with Gasteiger partial charge in [-0.15, -0.1) is 11.3 Å². The lowest BCUT2D eigenvalue weighted by molar-refractivity contribution is 1.08. The summed E-state index contributed by atoms with van der Waals surface area (Å²) >= 11 is 1.81. The van der Waals surface area contributed by atoms with Crippen molar-refractivity contribution in [1.82, 2.24) is 19.5 Å². The standard InChI is InChI=1S/C47H28N4S/c1-3-14-30(15-4-1)45-48-46(31-16-5-2-6-17-31)50-47(49-45)39-27-32-18-8-9-19-34(32)42-38-26-24-33(28-41(38)52-44(39)42)51-40-22-12-11-21-36(40)37-25-23-29-13-7-10-20-35(29)43(37)51/h1-28H. The van der Waals surface area contributed by atoms with Gasteiger partial charge in [0.1, 0.15) is 0 Å². The van der Waals surface area contributed by atoms with Crippen molar-refractivity contribution >= 4 is 74.9 Å². The van der Waals surface area contributed by atoms with E-state index in [1.54, 1.807) is 0 Å². The van der Waals surface area contributed by atoms with Gasteiger partial charge in [-0.3, -0.25) is 0 Å². The molecule has 0 radical (unpaired) electrons. The molecule has 0 bridgehead atoms. The third kappa shape index (κ3) is 4.43. The van der Waals surface area contributed by atoms with Gasteiger partial charge in [-0.2, -0.15) is 0 Å². The fourth-order valence-corrected chi connectivity index (χ4v) is 9.11. The number of thiophene rings is 1. The predicted octanol–water partition coefficient (Wildman–Crippen LogP) is 12.6. The molecule has 0 atom stereocenters. The SMILES string of the molecule is c1ccc(-c2nc(-c3ccccc3)nc(-c3cc4ccccc4c4c3sc3cc(-n5c6ccccc6c6ccc7ccccc7c65)ccc34)n2)cc1. The number of hydrogen-bond acceptors (Lipinski definition) is 4. The van der Waals surface area contributed by atoms with E-state index in [1.165, 1.54) is 58.1 Å². The Balaban J connectivity index is 1.20. The van der Waals surface area contributed by atoms with Crippen LogP contribution in [-0.2, 0) is 0 Å². The minimum Gasteiger partial charge on any atom is -0.309 e. The fraction of sp³-hybridized carbons (Fsp3) is 0. The van der Waals surface area contributed by atoms with E-state index in [-0.39, 0.29) is 0 Å². The second-order valence-electron chi connectivity index (χ2n) is 13.2. The minimum absolute atomic E-state index is 0.660. The molecule has 242 valence electrons. The molecule has 0 spiro atoms. The lowest BCUT2D eigenvalue weighted by Crippen LogP contribution is -2.00. The summed E-state index contributed by atoms with van der Waals surface area (Å²) in [5.41, 5.74) is 6.51. The van der Waals surface area contributed by atoms with Gasteiger partial charge in [0, 0.05) is 58.7 Å². The van der Waals surface area contributed by atoms with E-state index in [1.807, 2.05) is 47.7 Å². The van der Waals surface area contributed by atoms with Crippen LogP contribution in [0.1, 0.15) is 0 Å². The zero-order valence-electron chi connectivity index (χ0n) is 27.9. The molecule has 0 amide bonds. The number of fused-ring (bicyclic) bond motifs is 10. The summed E-state index contributed by atoms with van der Waals surface area (Å²) in [6, 6.07) is 60.2. The van der Waals surface area contributed by atoms with E-state index in [0.717, 1.165) is 27.8 Å². The van der Waals surface area contributed by atoms with Crippen LogP contribution in [0, 0.1) is 0 Å². The zero-order chi connectivity index (χ0) is 34.2. The summed E-state index contributed by atoms with van der Waals surface area (Å²) in [6.07, 6.45) is 0.